The fraction of sp³-hybridized carbons (Fsp3) is 0.238. The molecule has 3 rings (SSSR count). The number of carbonyl (C=O) groups excluding carboxylic acids is 2. The van der Waals surface area contributed by atoms with Crippen molar-refractivity contribution in [2.24, 2.45) is 0 Å². The number of amides is 2. The fourth-order valence-electron chi connectivity index (χ4n) is 3.02. The lowest BCUT2D eigenvalue weighted by Gasteiger charge is -2.33. The SMILES string of the molecule is C=CC(=O)N(C)c1ccc(C(=O)N2CCOC(c3ccc(F)c(Br)c3)C2)cc1. The highest BCUT2D eigenvalue weighted by Crippen LogP contribution is 2.27. The van der Waals surface area contributed by atoms with Crippen molar-refractivity contribution >= 4 is 33.4 Å². The van der Waals surface area contributed by atoms with Crippen LogP contribution in [0.3, 0.4) is 0 Å². The highest BCUT2D eigenvalue weighted by atomic mass is 79.9. The van der Waals surface area contributed by atoms with Crippen LogP contribution in [-0.2, 0) is 9.53 Å². The molecule has 0 aromatic heterocycles. The van der Waals surface area contributed by atoms with Crippen LogP contribution < -0.4 is 4.90 Å². The summed E-state index contributed by atoms with van der Waals surface area (Å²) in [4.78, 5) is 27.7. The molecule has 2 amide bonds. The van der Waals surface area contributed by atoms with Crippen LogP contribution in [0.4, 0.5) is 10.1 Å². The van der Waals surface area contributed by atoms with Crippen LogP contribution in [0.2, 0.25) is 0 Å². The van der Waals surface area contributed by atoms with E-state index in [1.807, 2.05) is 0 Å². The Labute approximate surface area is 171 Å². The van der Waals surface area contributed by atoms with Gasteiger partial charge < -0.3 is 14.5 Å². The normalized spacial score (nSPS) is 16.5. The topological polar surface area (TPSA) is 49.9 Å². The van der Waals surface area contributed by atoms with Crippen molar-refractivity contribution in [3.05, 3.63) is 76.5 Å². The summed E-state index contributed by atoms with van der Waals surface area (Å²) in [6.07, 6.45) is 0.922. The standard InChI is InChI=1S/C21H20BrFN2O3/c1-3-20(26)24(2)16-7-4-14(5-8-16)21(27)25-10-11-28-19(13-25)15-6-9-18(23)17(22)12-15/h3-9,12,19H,1,10-11,13H2,2H3. The van der Waals surface area contributed by atoms with Crippen molar-refractivity contribution in [3.63, 3.8) is 0 Å². The molecule has 146 valence electrons. The number of benzene rings is 2. The average Bonchev–Trinajstić information content (AvgIpc) is 2.74. The molecular formula is C21H20BrFN2O3. The maximum absolute atomic E-state index is 13.5. The molecule has 0 spiro atoms. The van der Waals surface area contributed by atoms with Crippen molar-refractivity contribution in [3.8, 4) is 0 Å². The number of nitrogens with zero attached hydrogens (tertiary/aromatic N) is 2. The van der Waals surface area contributed by atoms with Gasteiger partial charge in [-0.15, -0.1) is 0 Å². The van der Waals surface area contributed by atoms with E-state index in [0.717, 1.165) is 5.56 Å². The molecule has 0 aliphatic carbocycles. The molecule has 5 nitrogen and oxygen atoms in total. The maximum Gasteiger partial charge on any atom is 0.254 e. The number of ether oxygens (including phenoxy) is 1. The van der Waals surface area contributed by atoms with Crippen LogP contribution in [0.15, 0.2) is 59.6 Å². The van der Waals surface area contributed by atoms with Crippen molar-refractivity contribution < 1.29 is 18.7 Å². The summed E-state index contributed by atoms with van der Waals surface area (Å²) in [5.41, 5.74) is 2.02. The number of likely N-dealkylation sites (N-methyl/N-ethyl adjacent to an activating group) is 1. The zero-order valence-electron chi connectivity index (χ0n) is 15.4. The first kappa shape index (κ1) is 20.2. The molecule has 7 heteroatoms. The van der Waals surface area contributed by atoms with E-state index in [0.29, 0.717) is 35.4 Å². The second-order valence-corrected chi connectivity index (χ2v) is 7.29. The largest absolute Gasteiger partial charge is 0.370 e. The third-order valence-corrected chi connectivity index (χ3v) is 5.28. The summed E-state index contributed by atoms with van der Waals surface area (Å²) in [5.74, 6) is -0.674. The second kappa shape index (κ2) is 8.67. The summed E-state index contributed by atoms with van der Waals surface area (Å²) in [7, 11) is 1.65. The van der Waals surface area contributed by atoms with E-state index in [1.54, 1.807) is 48.3 Å². The minimum Gasteiger partial charge on any atom is -0.370 e. The Morgan fingerprint density at radius 2 is 2.00 bits per heavy atom. The summed E-state index contributed by atoms with van der Waals surface area (Å²) in [6, 6.07) is 11.6. The lowest BCUT2D eigenvalue weighted by molar-refractivity contribution is -0.113. The molecule has 1 atom stereocenters. The first-order valence-electron chi connectivity index (χ1n) is 8.76. The Balaban J connectivity index is 1.72. The molecule has 1 unspecified atom stereocenters. The molecule has 2 aromatic carbocycles. The summed E-state index contributed by atoms with van der Waals surface area (Å²) >= 11 is 3.18. The van der Waals surface area contributed by atoms with Crippen LogP contribution >= 0.6 is 15.9 Å². The highest BCUT2D eigenvalue weighted by molar-refractivity contribution is 9.10. The van der Waals surface area contributed by atoms with Gasteiger partial charge >= 0.3 is 0 Å². The zero-order chi connectivity index (χ0) is 20.3. The third kappa shape index (κ3) is 4.31. The van der Waals surface area contributed by atoms with E-state index in [-0.39, 0.29) is 23.7 Å². The number of hydrogen-bond donors (Lipinski definition) is 0. The summed E-state index contributed by atoms with van der Waals surface area (Å²) < 4.78 is 19.6. The third-order valence-electron chi connectivity index (χ3n) is 4.68. The Morgan fingerprint density at radius 1 is 1.29 bits per heavy atom. The smallest absolute Gasteiger partial charge is 0.254 e. The predicted octanol–water partition coefficient (Wildman–Crippen LogP) is 3.95. The number of halogens is 2. The van der Waals surface area contributed by atoms with Crippen LogP contribution in [0.1, 0.15) is 22.0 Å². The number of anilines is 1. The van der Waals surface area contributed by atoms with Crippen molar-refractivity contribution in [2.45, 2.75) is 6.10 Å². The second-order valence-electron chi connectivity index (χ2n) is 6.43. The van der Waals surface area contributed by atoms with Crippen LogP contribution in [0.5, 0.6) is 0 Å². The minimum atomic E-state index is -0.340. The van der Waals surface area contributed by atoms with E-state index >= 15 is 0 Å². The molecule has 0 radical (unpaired) electrons. The summed E-state index contributed by atoms with van der Waals surface area (Å²) in [5, 5.41) is 0. The van der Waals surface area contributed by atoms with Gasteiger partial charge in [-0.3, -0.25) is 9.59 Å². The first-order chi connectivity index (χ1) is 13.4. The van der Waals surface area contributed by atoms with E-state index < -0.39 is 0 Å². The Kier molecular flexibility index (Phi) is 6.26. The van der Waals surface area contributed by atoms with E-state index in [4.69, 9.17) is 4.74 Å². The van der Waals surface area contributed by atoms with Crippen molar-refractivity contribution in [2.75, 3.05) is 31.6 Å². The molecule has 1 heterocycles. The molecule has 0 N–H and O–H groups in total. The van der Waals surface area contributed by atoms with Gasteiger partial charge in [0.25, 0.3) is 5.91 Å². The Hall–Kier alpha value is -2.51. The Morgan fingerprint density at radius 3 is 2.64 bits per heavy atom. The van der Waals surface area contributed by atoms with E-state index in [9.17, 15) is 14.0 Å². The minimum absolute atomic E-state index is 0.112. The van der Waals surface area contributed by atoms with Crippen molar-refractivity contribution in [1.82, 2.24) is 4.90 Å². The molecule has 0 saturated carbocycles. The molecule has 2 aromatic rings. The predicted molar refractivity (Wildman–Crippen MR) is 109 cm³/mol. The van der Waals surface area contributed by atoms with Gasteiger partial charge in [-0.25, -0.2) is 4.39 Å². The lowest BCUT2D eigenvalue weighted by Crippen LogP contribution is -2.42. The average molecular weight is 447 g/mol. The molecule has 1 saturated heterocycles. The van der Waals surface area contributed by atoms with Gasteiger partial charge in [-0.2, -0.15) is 0 Å². The molecule has 1 fully saturated rings. The molecule has 1 aliphatic heterocycles. The van der Waals surface area contributed by atoms with Gasteiger partial charge in [0.1, 0.15) is 11.9 Å². The van der Waals surface area contributed by atoms with Gasteiger partial charge in [0, 0.05) is 24.8 Å². The Bertz CT molecular complexity index is 901. The molecule has 1 aliphatic rings. The molecule has 28 heavy (non-hydrogen) atoms. The van der Waals surface area contributed by atoms with E-state index in [1.165, 1.54) is 17.0 Å². The summed E-state index contributed by atoms with van der Waals surface area (Å²) in [6.45, 7) is 4.73. The maximum atomic E-state index is 13.5. The highest BCUT2D eigenvalue weighted by Gasteiger charge is 2.26. The lowest BCUT2D eigenvalue weighted by atomic mass is 10.1. The fourth-order valence-corrected chi connectivity index (χ4v) is 3.42. The monoisotopic (exact) mass is 446 g/mol. The van der Waals surface area contributed by atoms with Gasteiger partial charge in [0.15, 0.2) is 0 Å². The zero-order valence-corrected chi connectivity index (χ0v) is 17.0. The molecular weight excluding hydrogens is 427 g/mol. The number of rotatable bonds is 4. The number of morpholine rings is 1. The van der Waals surface area contributed by atoms with Gasteiger partial charge in [0.05, 0.1) is 17.6 Å². The first-order valence-corrected chi connectivity index (χ1v) is 9.56. The van der Waals surface area contributed by atoms with Gasteiger partial charge in [0.2, 0.25) is 5.91 Å². The van der Waals surface area contributed by atoms with Crippen LogP contribution in [0, 0.1) is 5.82 Å². The molecule has 0 bridgehead atoms. The van der Waals surface area contributed by atoms with Crippen LogP contribution in [0.25, 0.3) is 0 Å². The van der Waals surface area contributed by atoms with E-state index in [2.05, 4.69) is 22.5 Å². The van der Waals surface area contributed by atoms with Gasteiger partial charge in [-0.1, -0.05) is 12.6 Å². The number of hydrogen-bond acceptors (Lipinski definition) is 3. The van der Waals surface area contributed by atoms with Crippen LogP contribution in [-0.4, -0.2) is 43.5 Å². The number of carbonyl (C=O) groups is 2. The quantitative estimate of drug-likeness (QED) is 0.668. The van der Waals surface area contributed by atoms with Gasteiger partial charge in [-0.05, 0) is 64.0 Å². The van der Waals surface area contributed by atoms with Crippen molar-refractivity contribution in [1.29, 1.82) is 0 Å².